The summed E-state index contributed by atoms with van der Waals surface area (Å²) >= 11 is 0. The van der Waals surface area contributed by atoms with E-state index in [0.717, 1.165) is 6.08 Å². The Kier molecular flexibility index (Phi) is 7.01. The number of aromatic carboxylic acids is 1. The third kappa shape index (κ3) is 6.03. The highest BCUT2D eigenvalue weighted by molar-refractivity contribution is 6.14. The highest BCUT2D eigenvalue weighted by atomic mass is 16.4. The second-order valence-corrected chi connectivity index (χ2v) is 7.05. The summed E-state index contributed by atoms with van der Waals surface area (Å²) < 4.78 is 0. The smallest absolute Gasteiger partial charge is 0.233 e. The maximum atomic E-state index is 10.9. The minimum Gasteiger partial charge on any atom is -0.545 e. The Bertz CT molecular complexity index is 1240. The Balaban J connectivity index is 1.83. The molecule has 34 heavy (non-hydrogen) atoms. The van der Waals surface area contributed by atoms with Gasteiger partial charge in [-0.25, -0.2) is 0 Å². The molecule has 3 rings (SSSR count). The van der Waals surface area contributed by atoms with Crippen molar-refractivity contribution in [3.63, 3.8) is 0 Å². The molecule has 0 unspecified atom stereocenters. The molecule has 1 aromatic heterocycles. The lowest BCUT2D eigenvalue weighted by atomic mass is 10.1. The summed E-state index contributed by atoms with van der Waals surface area (Å²) in [6.45, 7) is 0. The first kappa shape index (κ1) is 23.7. The minimum atomic E-state index is -1.85. The Morgan fingerprint density at radius 1 is 0.765 bits per heavy atom. The fraction of sp³-hybridized carbons (Fsp3) is 0.0909. The van der Waals surface area contributed by atoms with Crippen molar-refractivity contribution in [1.29, 1.82) is 0 Å². The highest BCUT2D eigenvalue weighted by Crippen LogP contribution is 2.21. The SMILES string of the molecule is CN(C)c1nc(Nc2ccc(C=C(C(=O)[O-])C(=O)[O-])cc2)nc(Nc2ccc(C(=O)[O-])cc2)n1. The average Bonchev–Trinajstić information content (AvgIpc) is 2.78. The summed E-state index contributed by atoms with van der Waals surface area (Å²) in [5, 5.41) is 38.6. The van der Waals surface area contributed by atoms with Crippen molar-refractivity contribution in [1.82, 2.24) is 15.0 Å². The molecule has 1 heterocycles. The molecule has 2 aromatic carbocycles. The fourth-order valence-electron chi connectivity index (χ4n) is 2.65. The summed E-state index contributed by atoms with van der Waals surface area (Å²) in [7, 11) is 3.48. The number of carbonyl (C=O) groups is 3. The second kappa shape index (κ2) is 10.1. The number of nitrogens with one attached hydrogen (secondary N) is 2. The van der Waals surface area contributed by atoms with Crippen LogP contribution in [0.5, 0.6) is 0 Å². The van der Waals surface area contributed by atoms with E-state index in [1.165, 1.54) is 36.4 Å². The van der Waals surface area contributed by atoms with Crippen LogP contribution in [0.4, 0.5) is 29.2 Å². The van der Waals surface area contributed by atoms with E-state index < -0.39 is 23.5 Å². The van der Waals surface area contributed by atoms with Gasteiger partial charge in [-0.15, -0.1) is 0 Å². The summed E-state index contributed by atoms with van der Waals surface area (Å²) in [4.78, 5) is 47.2. The molecule has 174 valence electrons. The summed E-state index contributed by atoms with van der Waals surface area (Å²) in [5.74, 6) is -4.28. The average molecular weight is 461 g/mol. The number of nitrogens with zero attached hydrogens (tertiary/aromatic N) is 4. The molecule has 0 bridgehead atoms. The molecule has 0 saturated carbocycles. The predicted molar refractivity (Wildman–Crippen MR) is 116 cm³/mol. The van der Waals surface area contributed by atoms with Gasteiger partial charge in [-0.1, -0.05) is 24.3 Å². The maximum absolute atomic E-state index is 10.9. The molecule has 0 amide bonds. The summed E-state index contributed by atoms with van der Waals surface area (Å²) in [5.41, 5.74) is 0.431. The van der Waals surface area contributed by atoms with Crippen LogP contribution < -0.4 is 30.9 Å². The quantitative estimate of drug-likeness (QED) is 0.217. The Labute approximate surface area is 193 Å². The van der Waals surface area contributed by atoms with Gasteiger partial charge in [0.25, 0.3) is 0 Å². The Morgan fingerprint density at radius 2 is 1.24 bits per heavy atom. The molecule has 0 atom stereocenters. The monoisotopic (exact) mass is 461 g/mol. The number of rotatable bonds is 9. The highest BCUT2D eigenvalue weighted by Gasteiger charge is 2.10. The van der Waals surface area contributed by atoms with Crippen LogP contribution in [-0.4, -0.2) is 47.0 Å². The third-order valence-electron chi connectivity index (χ3n) is 4.32. The van der Waals surface area contributed by atoms with Crippen LogP contribution in [0.15, 0.2) is 54.1 Å². The zero-order valence-electron chi connectivity index (χ0n) is 17.9. The van der Waals surface area contributed by atoms with Crippen LogP contribution in [0.25, 0.3) is 6.08 Å². The van der Waals surface area contributed by atoms with Gasteiger partial charge >= 0.3 is 0 Å². The van der Waals surface area contributed by atoms with Crippen LogP contribution in [0.3, 0.4) is 0 Å². The van der Waals surface area contributed by atoms with Crippen molar-refractivity contribution in [3.05, 3.63) is 65.2 Å². The lowest BCUT2D eigenvalue weighted by Crippen LogP contribution is -2.36. The number of aliphatic carboxylic acids is 2. The predicted octanol–water partition coefficient (Wildman–Crippen LogP) is -1.33. The maximum Gasteiger partial charge on any atom is 0.233 e. The Hall–Kier alpha value is -5.00. The fourth-order valence-corrected chi connectivity index (χ4v) is 2.65. The molecule has 0 fully saturated rings. The standard InChI is InChI=1S/C22H20N6O6/c1-28(2)22-26-20(25-21(27-22)24-15-9-5-13(6-10-15)17(29)30)23-14-7-3-12(4-8-14)11-16(18(31)32)19(33)34/h3-11H,1-2H3,(H,29,30)(H,31,32)(H,33,34)(H2,23,24,25,26,27)/p-3. The van der Waals surface area contributed by atoms with E-state index in [4.69, 9.17) is 0 Å². The summed E-state index contributed by atoms with van der Waals surface area (Å²) in [6, 6.07) is 12.0. The van der Waals surface area contributed by atoms with Crippen molar-refractivity contribution in [2.45, 2.75) is 0 Å². The van der Waals surface area contributed by atoms with E-state index in [2.05, 4.69) is 25.6 Å². The van der Waals surface area contributed by atoms with E-state index in [1.807, 2.05) is 0 Å². The number of aromatic nitrogens is 3. The number of hydrogen-bond donors (Lipinski definition) is 2. The van der Waals surface area contributed by atoms with Gasteiger partial charge in [-0.05, 0) is 41.5 Å². The second-order valence-electron chi connectivity index (χ2n) is 7.05. The number of carbonyl (C=O) groups excluding carboxylic acids is 3. The molecule has 0 spiro atoms. The molecule has 2 N–H and O–H groups in total. The topological polar surface area (TPSA) is 186 Å². The first-order valence-corrected chi connectivity index (χ1v) is 9.65. The zero-order valence-corrected chi connectivity index (χ0v) is 17.9. The largest absolute Gasteiger partial charge is 0.545 e. The van der Waals surface area contributed by atoms with Gasteiger partial charge < -0.3 is 45.2 Å². The van der Waals surface area contributed by atoms with E-state index in [0.29, 0.717) is 22.9 Å². The summed E-state index contributed by atoms with van der Waals surface area (Å²) in [6.07, 6.45) is 0.926. The van der Waals surface area contributed by atoms with E-state index in [1.54, 1.807) is 31.1 Å². The van der Waals surface area contributed by atoms with Crippen molar-refractivity contribution in [2.75, 3.05) is 29.6 Å². The van der Waals surface area contributed by atoms with Crippen molar-refractivity contribution < 1.29 is 29.7 Å². The molecule has 0 aliphatic heterocycles. The third-order valence-corrected chi connectivity index (χ3v) is 4.32. The van der Waals surface area contributed by atoms with Crippen molar-refractivity contribution in [2.24, 2.45) is 0 Å². The van der Waals surface area contributed by atoms with Gasteiger partial charge in [0, 0.05) is 31.0 Å². The molecule has 12 heteroatoms. The van der Waals surface area contributed by atoms with Crippen LogP contribution in [0.2, 0.25) is 0 Å². The number of hydrogen-bond acceptors (Lipinski definition) is 12. The van der Waals surface area contributed by atoms with Crippen LogP contribution in [-0.2, 0) is 9.59 Å². The number of carboxylic acid groups (broad SMARTS) is 3. The molecular formula is C22H17N6O6-3. The van der Waals surface area contributed by atoms with E-state index in [9.17, 15) is 29.7 Å². The van der Waals surface area contributed by atoms with E-state index >= 15 is 0 Å². The molecule has 0 radical (unpaired) electrons. The molecule has 12 nitrogen and oxygen atoms in total. The normalized spacial score (nSPS) is 10.2. The van der Waals surface area contributed by atoms with Gasteiger partial charge in [-0.3, -0.25) is 0 Å². The van der Waals surface area contributed by atoms with Gasteiger partial charge in [0.2, 0.25) is 17.8 Å². The van der Waals surface area contributed by atoms with Gasteiger partial charge in [-0.2, -0.15) is 15.0 Å². The van der Waals surface area contributed by atoms with Crippen molar-refractivity contribution >= 4 is 53.2 Å². The van der Waals surface area contributed by atoms with Gasteiger partial charge in [0.05, 0.1) is 17.9 Å². The number of anilines is 5. The Morgan fingerprint density at radius 3 is 1.65 bits per heavy atom. The number of carboxylic acids is 3. The number of benzene rings is 2. The lowest BCUT2D eigenvalue weighted by molar-refractivity contribution is -0.311. The zero-order chi connectivity index (χ0) is 24.8. The van der Waals surface area contributed by atoms with Crippen LogP contribution in [0, 0.1) is 0 Å². The molecule has 0 aliphatic rings. The molecular weight excluding hydrogens is 444 g/mol. The van der Waals surface area contributed by atoms with Crippen LogP contribution >= 0.6 is 0 Å². The van der Waals surface area contributed by atoms with Crippen LogP contribution in [0.1, 0.15) is 15.9 Å². The molecule has 0 aliphatic carbocycles. The molecule has 3 aromatic rings. The first-order valence-electron chi connectivity index (χ1n) is 9.65. The van der Waals surface area contributed by atoms with Gasteiger partial charge in [0.15, 0.2) is 0 Å². The first-order chi connectivity index (χ1) is 16.1. The molecule has 0 saturated heterocycles. The van der Waals surface area contributed by atoms with Crippen molar-refractivity contribution in [3.8, 4) is 0 Å². The minimum absolute atomic E-state index is 0.0298. The van der Waals surface area contributed by atoms with Gasteiger partial charge in [0.1, 0.15) is 0 Å². The lowest BCUT2D eigenvalue weighted by Gasteiger charge is -2.14. The van der Waals surface area contributed by atoms with E-state index in [-0.39, 0.29) is 17.5 Å².